The van der Waals surface area contributed by atoms with Gasteiger partial charge in [0.25, 0.3) is 0 Å². The molecule has 0 radical (unpaired) electrons. The van der Waals surface area contributed by atoms with Crippen LogP contribution < -0.4 is 5.32 Å². The first-order valence-corrected chi connectivity index (χ1v) is 12.6. The van der Waals surface area contributed by atoms with Crippen LogP contribution in [-0.2, 0) is 11.3 Å². The van der Waals surface area contributed by atoms with Gasteiger partial charge in [0.15, 0.2) is 0 Å². The quantitative estimate of drug-likeness (QED) is 0.727. The average molecular weight is 427 g/mol. The second-order valence-corrected chi connectivity index (χ2v) is 10.0. The molecule has 31 heavy (non-hydrogen) atoms. The largest absolute Gasteiger partial charge is 0.356 e. The van der Waals surface area contributed by atoms with Gasteiger partial charge in [-0.2, -0.15) is 0 Å². The Morgan fingerprint density at radius 3 is 2.35 bits per heavy atom. The number of rotatable bonds is 7. The van der Waals surface area contributed by atoms with Crippen molar-refractivity contribution in [1.82, 2.24) is 20.0 Å². The summed E-state index contributed by atoms with van der Waals surface area (Å²) in [4.78, 5) is 20.5. The van der Waals surface area contributed by atoms with E-state index in [0.29, 0.717) is 17.9 Å². The minimum absolute atomic E-state index is 0.223. The number of amides is 1. The lowest BCUT2D eigenvalue weighted by molar-refractivity contribution is -0.126. The number of hydrogen-bond donors (Lipinski definition) is 1. The van der Waals surface area contributed by atoms with Gasteiger partial charge in [-0.05, 0) is 95.3 Å². The molecule has 3 aliphatic rings. The molecule has 5 nitrogen and oxygen atoms in total. The van der Waals surface area contributed by atoms with Gasteiger partial charge in [0.05, 0.1) is 0 Å². The predicted molar refractivity (Wildman–Crippen MR) is 127 cm³/mol. The highest BCUT2D eigenvalue weighted by atomic mass is 16.1. The van der Waals surface area contributed by atoms with Crippen LogP contribution in [0.3, 0.4) is 0 Å². The van der Waals surface area contributed by atoms with E-state index in [4.69, 9.17) is 0 Å². The lowest BCUT2D eigenvalue weighted by atomic mass is 9.92. The molecule has 0 spiro atoms. The topological polar surface area (TPSA) is 38.8 Å². The maximum atomic E-state index is 12.7. The number of hydrogen-bond acceptors (Lipinski definition) is 4. The molecule has 3 aliphatic heterocycles. The molecule has 0 bridgehead atoms. The van der Waals surface area contributed by atoms with Gasteiger partial charge < -0.3 is 15.1 Å². The molecule has 3 saturated heterocycles. The van der Waals surface area contributed by atoms with Gasteiger partial charge in [-0.3, -0.25) is 9.69 Å². The standard InChI is InChI=1S/C26H42N4O/c1-3-28-13-8-22(19-28)18-27-26(31)23-9-16-30(17-10-23)25-11-14-29(15-12-25)20-24-7-5-4-6-21(24)2/h4-7,22-23,25H,3,8-20H2,1-2H3,(H,27,31)/t22-/m0/s1. The van der Waals surface area contributed by atoms with Crippen LogP contribution in [0.1, 0.15) is 50.2 Å². The number of benzene rings is 1. The van der Waals surface area contributed by atoms with Crippen LogP contribution in [0.2, 0.25) is 0 Å². The molecule has 5 heteroatoms. The summed E-state index contributed by atoms with van der Waals surface area (Å²) in [7, 11) is 0. The molecule has 1 N–H and O–H groups in total. The van der Waals surface area contributed by atoms with E-state index < -0.39 is 0 Å². The lowest BCUT2D eigenvalue weighted by Crippen LogP contribution is -2.49. The Balaban J connectivity index is 1.14. The summed E-state index contributed by atoms with van der Waals surface area (Å²) in [5.74, 6) is 1.18. The Kier molecular flexibility index (Phi) is 8.02. The Labute approximate surface area is 189 Å². The van der Waals surface area contributed by atoms with Gasteiger partial charge >= 0.3 is 0 Å². The first kappa shape index (κ1) is 22.8. The highest BCUT2D eigenvalue weighted by Crippen LogP contribution is 2.25. The number of nitrogens with one attached hydrogen (secondary N) is 1. The van der Waals surface area contributed by atoms with E-state index >= 15 is 0 Å². The average Bonchev–Trinajstić information content (AvgIpc) is 3.28. The van der Waals surface area contributed by atoms with Gasteiger partial charge in [0, 0.05) is 31.6 Å². The molecular formula is C26H42N4O. The van der Waals surface area contributed by atoms with Crippen molar-refractivity contribution in [2.24, 2.45) is 11.8 Å². The zero-order valence-corrected chi connectivity index (χ0v) is 19.7. The van der Waals surface area contributed by atoms with Crippen LogP contribution >= 0.6 is 0 Å². The van der Waals surface area contributed by atoms with Crippen LogP contribution in [0.5, 0.6) is 0 Å². The summed E-state index contributed by atoms with van der Waals surface area (Å²) in [6.07, 6.45) is 5.81. The Morgan fingerprint density at radius 1 is 0.968 bits per heavy atom. The third-order valence-corrected chi connectivity index (χ3v) is 8.01. The summed E-state index contributed by atoms with van der Waals surface area (Å²) in [5, 5.41) is 3.28. The first-order chi connectivity index (χ1) is 15.1. The predicted octanol–water partition coefficient (Wildman–Crippen LogP) is 3.13. The molecule has 1 aromatic rings. The van der Waals surface area contributed by atoms with Crippen LogP contribution in [0.15, 0.2) is 24.3 Å². The molecule has 3 heterocycles. The Bertz CT molecular complexity index is 707. The van der Waals surface area contributed by atoms with Crippen LogP contribution in [0, 0.1) is 18.8 Å². The molecule has 3 fully saturated rings. The maximum absolute atomic E-state index is 12.7. The molecule has 0 aliphatic carbocycles. The van der Waals surface area contributed by atoms with E-state index in [9.17, 15) is 4.79 Å². The van der Waals surface area contributed by atoms with Crippen molar-refractivity contribution in [3.63, 3.8) is 0 Å². The van der Waals surface area contributed by atoms with Crippen molar-refractivity contribution in [2.75, 3.05) is 52.4 Å². The number of likely N-dealkylation sites (tertiary alicyclic amines) is 3. The smallest absolute Gasteiger partial charge is 0.223 e. The van der Waals surface area contributed by atoms with Crippen LogP contribution in [0.4, 0.5) is 0 Å². The van der Waals surface area contributed by atoms with Gasteiger partial charge in [-0.1, -0.05) is 31.2 Å². The summed E-state index contributed by atoms with van der Waals surface area (Å²) in [5.41, 5.74) is 2.87. The zero-order valence-electron chi connectivity index (χ0n) is 19.7. The van der Waals surface area contributed by atoms with Crippen molar-refractivity contribution in [2.45, 2.75) is 58.5 Å². The van der Waals surface area contributed by atoms with Crippen molar-refractivity contribution >= 4 is 5.91 Å². The first-order valence-electron chi connectivity index (χ1n) is 12.6. The fourth-order valence-electron chi connectivity index (χ4n) is 5.75. The van der Waals surface area contributed by atoms with Crippen LogP contribution in [0.25, 0.3) is 0 Å². The zero-order chi connectivity index (χ0) is 21.6. The maximum Gasteiger partial charge on any atom is 0.223 e. The summed E-state index contributed by atoms with van der Waals surface area (Å²) in [6.45, 7) is 14.4. The fourth-order valence-corrected chi connectivity index (χ4v) is 5.75. The molecule has 1 atom stereocenters. The molecule has 0 aromatic heterocycles. The second kappa shape index (κ2) is 10.9. The monoisotopic (exact) mass is 426 g/mol. The molecule has 1 amide bonds. The van der Waals surface area contributed by atoms with Gasteiger partial charge in [-0.25, -0.2) is 0 Å². The molecular weight excluding hydrogens is 384 g/mol. The van der Waals surface area contributed by atoms with Gasteiger partial charge in [-0.15, -0.1) is 0 Å². The summed E-state index contributed by atoms with van der Waals surface area (Å²) in [6, 6.07) is 9.47. The number of aryl methyl sites for hydroxylation is 1. The second-order valence-electron chi connectivity index (χ2n) is 10.0. The SMILES string of the molecule is CCN1CC[C@@H](CNC(=O)C2CCN(C3CCN(Cc4ccccc4C)CC3)CC2)C1. The number of nitrogens with zero attached hydrogens (tertiary/aromatic N) is 3. The molecule has 0 saturated carbocycles. The highest BCUT2D eigenvalue weighted by molar-refractivity contribution is 5.78. The number of carbonyl (C=O) groups is 1. The fraction of sp³-hybridized carbons (Fsp3) is 0.731. The van der Waals surface area contributed by atoms with Crippen molar-refractivity contribution in [3.05, 3.63) is 35.4 Å². The highest BCUT2D eigenvalue weighted by Gasteiger charge is 2.31. The Hall–Kier alpha value is -1.43. The van der Waals surface area contributed by atoms with Gasteiger partial charge in [0.1, 0.15) is 0 Å². The summed E-state index contributed by atoms with van der Waals surface area (Å²) >= 11 is 0. The van der Waals surface area contributed by atoms with Crippen molar-refractivity contribution < 1.29 is 4.79 Å². The lowest BCUT2D eigenvalue weighted by Gasteiger charge is -2.41. The summed E-state index contributed by atoms with van der Waals surface area (Å²) < 4.78 is 0. The van der Waals surface area contributed by atoms with E-state index in [1.165, 1.54) is 50.0 Å². The Morgan fingerprint density at radius 2 is 1.68 bits per heavy atom. The molecule has 1 aromatic carbocycles. The number of carbonyl (C=O) groups excluding carboxylic acids is 1. The van der Waals surface area contributed by atoms with E-state index in [1.807, 2.05) is 0 Å². The van der Waals surface area contributed by atoms with Gasteiger partial charge in [0.2, 0.25) is 5.91 Å². The van der Waals surface area contributed by atoms with E-state index in [1.54, 1.807) is 0 Å². The molecule has 4 rings (SSSR count). The molecule has 172 valence electrons. The minimum Gasteiger partial charge on any atom is -0.356 e. The van der Waals surface area contributed by atoms with Crippen molar-refractivity contribution in [3.8, 4) is 0 Å². The minimum atomic E-state index is 0.223. The number of piperidine rings is 2. The molecule has 0 unspecified atom stereocenters. The van der Waals surface area contributed by atoms with Crippen LogP contribution in [-0.4, -0.2) is 79.0 Å². The van der Waals surface area contributed by atoms with E-state index in [2.05, 4.69) is 58.1 Å². The normalized spacial score (nSPS) is 25.2. The van der Waals surface area contributed by atoms with E-state index in [-0.39, 0.29) is 5.92 Å². The third-order valence-electron chi connectivity index (χ3n) is 8.01. The third kappa shape index (κ3) is 6.09. The van der Waals surface area contributed by atoms with E-state index in [0.717, 1.165) is 52.1 Å². The van der Waals surface area contributed by atoms with Crippen molar-refractivity contribution in [1.29, 1.82) is 0 Å².